The third kappa shape index (κ3) is 4.99. The molecule has 0 aliphatic carbocycles. The Morgan fingerprint density at radius 3 is 2.59 bits per heavy atom. The third-order valence-electron chi connectivity index (χ3n) is 2.53. The summed E-state index contributed by atoms with van der Waals surface area (Å²) in [7, 11) is 0. The molecule has 0 unspecified atom stereocenters. The summed E-state index contributed by atoms with van der Waals surface area (Å²) in [5, 5.41) is 11.6. The highest BCUT2D eigenvalue weighted by atomic mass is 79.9. The second-order valence-corrected chi connectivity index (χ2v) is 5.05. The maximum Gasteiger partial charge on any atom is 0.175 e. The van der Waals surface area contributed by atoms with Gasteiger partial charge < -0.3 is 9.47 Å². The highest BCUT2D eigenvalue weighted by Gasteiger charge is 2.11. The summed E-state index contributed by atoms with van der Waals surface area (Å²) in [4.78, 5) is 0. The second kappa shape index (κ2) is 9.42. The summed E-state index contributed by atoms with van der Waals surface area (Å²) < 4.78 is 13.7. The SMILES string of the molecule is CCCOc1c(Br)cc(C=Nn2cnnc2)cc1OCC.Cl. The molecule has 120 valence electrons. The monoisotopic (exact) mass is 388 g/mol. The van der Waals surface area contributed by atoms with Gasteiger partial charge in [-0.3, -0.25) is 0 Å². The molecule has 0 spiro atoms. The predicted molar refractivity (Wildman–Crippen MR) is 91.4 cm³/mol. The summed E-state index contributed by atoms with van der Waals surface area (Å²) >= 11 is 3.52. The lowest BCUT2D eigenvalue weighted by atomic mass is 10.2. The number of rotatable bonds is 7. The van der Waals surface area contributed by atoms with Crippen LogP contribution in [0.4, 0.5) is 0 Å². The van der Waals surface area contributed by atoms with Crippen LogP contribution in [0.1, 0.15) is 25.8 Å². The van der Waals surface area contributed by atoms with Gasteiger partial charge in [-0.1, -0.05) is 6.92 Å². The van der Waals surface area contributed by atoms with E-state index in [1.807, 2.05) is 19.1 Å². The summed E-state index contributed by atoms with van der Waals surface area (Å²) in [6.07, 6.45) is 5.69. The van der Waals surface area contributed by atoms with Crippen molar-refractivity contribution in [3.63, 3.8) is 0 Å². The number of halogens is 2. The Bertz CT molecular complexity index is 605. The molecule has 0 fully saturated rings. The first-order chi connectivity index (χ1) is 10.2. The van der Waals surface area contributed by atoms with Crippen LogP contribution in [-0.2, 0) is 0 Å². The van der Waals surface area contributed by atoms with Crippen molar-refractivity contribution in [2.24, 2.45) is 5.10 Å². The molecule has 0 N–H and O–H groups in total. The van der Waals surface area contributed by atoms with E-state index in [2.05, 4.69) is 38.2 Å². The average Bonchev–Trinajstić information content (AvgIpc) is 2.98. The minimum Gasteiger partial charge on any atom is -0.490 e. The number of hydrogen-bond donors (Lipinski definition) is 0. The Balaban J connectivity index is 0.00000242. The summed E-state index contributed by atoms with van der Waals surface area (Å²) in [6.45, 7) is 5.22. The zero-order chi connectivity index (χ0) is 15.1. The van der Waals surface area contributed by atoms with E-state index in [-0.39, 0.29) is 12.4 Å². The predicted octanol–water partition coefficient (Wildman–Crippen LogP) is 3.53. The molecule has 2 rings (SSSR count). The molecule has 0 saturated carbocycles. The van der Waals surface area contributed by atoms with Gasteiger partial charge in [0.2, 0.25) is 0 Å². The van der Waals surface area contributed by atoms with Crippen molar-refractivity contribution < 1.29 is 9.47 Å². The highest BCUT2D eigenvalue weighted by Crippen LogP contribution is 2.36. The van der Waals surface area contributed by atoms with Crippen molar-refractivity contribution >= 4 is 34.6 Å². The molecule has 8 heteroatoms. The normalized spacial score (nSPS) is 10.5. The fourth-order valence-corrected chi connectivity index (χ4v) is 2.23. The molecule has 0 atom stereocenters. The molecule has 0 aliphatic heterocycles. The van der Waals surface area contributed by atoms with Crippen LogP contribution in [-0.4, -0.2) is 34.3 Å². The van der Waals surface area contributed by atoms with Gasteiger partial charge in [-0.2, -0.15) is 5.10 Å². The van der Waals surface area contributed by atoms with E-state index in [1.165, 1.54) is 17.3 Å². The van der Waals surface area contributed by atoms with Gasteiger partial charge in [-0.05, 0) is 47.0 Å². The van der Waals surface area contributed by atoms with E-state index in [0.717, 1.165) is 22.2 Å². The second-order valence-electron chi connectivity index (χ2n) is 4.20. The quantitative estimate of drug-likeness (QED) is 0.680. The molecule has 1 aromatic heterocycles. The molecule has 0 bridgehead atoms. The minimum atomic E-state index is 0. The Morgan fingerprint density at radius 1 is 1.23 bits per heavy atom. The van der Waals surface area contributed by atoms with Crippen molar-refractivity contribution in [3.05, 3.63) is 34.8 Å². The first kappa shape index (κ1) is 18.4. The Labute approximate surface area is 144 Å². The van der Waals surface area contributed by atoms with E-state index in [0.29, 0.717) is 19.0 Å². The van der Waals surface area contributed by atoms with E-state index in [1.54, 1.807) is 6.21 Å². The molecule has 22 heavy (non-hydrogen) atoms. The average molecular weight is 390 g/mol. The van der Waals surface area contributed by atoms with E-state index >= 15 is 0 Å². The first-order valence-corrected chi connectivity index (χ1v) is 7.52. The van der Waals surface area contributed by atoms with E-state index in [4.69, 9.17) is 9.47 Å². The number of nitrogens with zero attached hydrogens (tertiary/aromatic N) is 4. The fraction of sp³-hybridized carbons (Fsp3) is 0.357. The van der Waals surface area contributed by atoms with Crippen molar-refractivity contribution in [2.75, 3.05) is 13.2 Å². The van der Waals surface area contributed by atoms with Gasteiger partial charge in [0.05, 0.1) is 23.9 Å². The van der Waals surface area contributed by atoms with Gasteiger partial charge in [0, 0.05) is 0 Å². The van der Waals surface area contributed by atoms with Crippen LogP contribution in [0, 0.1) is 0 Å². The van der Waals surface area contributed by atoms with Gasteiger partial charge in [-0.15, -0.1) is 22.6 Å². The van der Waals surface area contributed by atoms with Crippen LogP contribution >= 0.6 is 28.3 Å². The molecule has 2 aromatic rings. The third-order valence-corrected chi connectivity index (χ3v) is 3.12. The highest BCUT2D eigenvalue weighted by molar-refractivity contribution is 9.10. The fourth-order valence-electron chi connectivity index (χ4n) is 1.66. The zero-order valence-electron chi connectivity index (χ0n) is 12.4. The number of aromatic nitrogens is 3. The lowest BCUT2D eigenvalue weighted by Gasteiger charge is -2.14. The summed E-state index contributed by atoms with van der Waals surface area (Å²) in [5.41, 5.74) is 0.892. The van der Waals surface area contributed by atoms with Crippen LogP contribution in [0.2, 0.25) is 0 Å². The molecular weight excluding hydrogens is 372 g/mol. The van der Waals surface area contributed by atoms with Crippen LogP contribution in [0.15, 0.2) is 34.4 Å². The van der Waals surface area contributed by atoms with Crippen molar-refractivity contribution in [1.29, 1.82) is 0 Å². The lowest BCUT2D eigenvalue weighted by Crippen LogP contribution is -2.02. The topological polar surface area (TPSA) is 61.5 Å². The van der Waals surface area contributed by atoms with Gasteiger partial charge in [0.1, 0.15) is 12.7 Å². The lowest BCUT2D eigenvalue weighted by molar-refractivity contribution is 0.275. The van der Waals surface area contributed by atoms with Crippen LogP contribution < -0.4 is 9.47 Å². The minimum absolute atomic E-state index is 0. The van der Waals surface area contributed by atoms with Gasteiger partial charge in [0.15, 0.2) is 11.5 Å². The number of ether oxygens (including phenoxy) is 2. The van der Waals surface area contributed by atoms with Crippen molar-refractivity contribution in [1.82, 2.24) is 14.9 Å². The number of hydrogen-bond acceptors (Lipinski definition) is 5. The largest absolute Gasteiger partial charge is 0.490 e. The maximum absolute atomic E-state index is 5.73. The molecule has 0 amide bonds. The molecule has 1 aromatic carbocycles. The van der Waals surface area contributed by atoms with Crippen LogP contribution in [0.3, 0.4) is 0 Å². The van der Waals surface area contributed by atoms with E-state index in [9.17, 15) is 0 Å². The molecule has 0 saturated heterocycles. The molecule has 1 heterocycles. The first-order valence-electron chi connectivity index (χ1n) is 6.72. The molecular formula is C14H18BrClN4O2. The summed E-state index contributed by atoms with van der Waals surface area (Å²) in [5.74, 6) is 1.42. The Hall–Kier alpha value is -1.60. The van der Waals surface area contributed by atoms with E-state index < -0.39 is 0 Å². The Morgan fingerprint density at radius 2 is 1.95 bits per heavy atom. The van der Waals surface area contributed by atoms with Crippen LogP contribution in [0.25, 0.3) is 0 Å². The zero-order valence-corrected chi connectivity index (χ0v) is 14.8. The molecule has 6 nitrogen and oxygen atoms in total. The maximum atomic E-state index is 5.73. The van der Waals surface area contributed by atoms with Gasteiger partial charge >= 0.3 is 0 Å². The molecule has 0 aliphatic rings. The van der Waals surface area contributed by atoms with Crippen molar-refractivity contribution in [3.8, 4) is 11.5 Å². The molecule has 0 radical (unpaired) electrons. The van der Waals surface area contributed by atoms with Gasteiger partial charge in [-0.25, -0.2) is 4.68 Å². The van der Waals surface area contributed by atoms with Gasteiger partial charge in [0.25, 0.3) is 0 Å². The van der Waals surface area contributed by atoms with Crippen LogP contribution in [0.5, 0.6) is 11.5 Å². The number of benzene rings is 1. The standard InChI is InChI=1S/C14H17BrN4O2.ClH/c1-3-5-21-14-12(15)6-11(7-13(14)20-4-2)8-18-19-9-16-17-10-19;/h6-10H,3-5H2,1-2H3;1H. The van der Waals surface area contributed by atoms with Crippen molar-refractivity contribution in [2.45, 2.75) is 20.3 Å². The summed E-state index contributed by atoms with van der Waals surface area (Å²) in [6, 6.07) is 3.83. The smallest absolute Gasteiger partial charge is 0.175 e. The Kier molecular flexibility index (Phi) is 7.90.